The average Bonchev–Trinajstić information content (AvgIpc) is 3.22. The summed E-state index contributed by atoms with van der Waals surface area (Å²) in [6, 6.07) is 15.1. The van der Waals surface area contributed by atoms with Gasteiger partial charge in [-0.15, -0.1) is 11.3 Å². The molecule has 0 unspecified atom stereocenters. The molecule has 32 heavy (non-hydrogen) atoms. The Bertz CT molecular complexity index is 1080. The standard InChI is InChI=1S/C25H28N2O3S2/c1-5-16(2)20-11-8-9-13-22(20)27-23(28)18(4)30-24(29)21-12-7-6-10-19(21)15-32-25-26-17(3)14-31-25/h6-14,16,18H,5,15H2,1-4H3,(H,27,28)/t16-,18-/m0/s1. The molecule has 7 heteroatoms. The summed E-state index contributed by atoms with van der Waals surface area (Å²) in [5.41, 5.74) is 4.13. The number of rotatable bonds is 9. The number of aromatic nitrogens is 1. The molecule has 3 rings (SSSR count). The van der Waals surface area contributed by atoms with E-state index in [1.807, 2.05) is 48.7 Å². The van der Waals surface area contributed by atoms with E-state index >= 15 is 0 Å². The number of nitrogens with one attached hydrogen (secondary N) is 1. The first-order valence-electron chi connectivity index (χ1n) is 10.6. The first kappa shape index (κ1) is 24.0. The first-order valence-corrected chi connectivity index (χ1v) is 12.5. The van der Waals surface area contributed by atoms with Gasteiger partial charge in [0.15, 0.2) is 6.10 Å². The molecule has 2 atom stereocenters. The second kappa shape index (κ2) is 11.3. The molecule has 0 saturated heterocycles. The molecule has 1 heterocycles. The number of nitrogens with zero attached hydrogens (tertiary/aromatic N) is 1. The minimum absolute atomic E-state index is 0.315. The molecule has 0 bridgehead atoms. The van der Waals surface area contributed by atoms with E-state index in [-0.39, 0.29) is 5.91 Å². The number of carbonyl (C=O) groups is 2. The van der Waals surface area contributed by atoms with Crippen LogP contribution >= 0.6 is 23.1 Å². The summed E-state index contributed by atoms with van der Waals surface area (Å²) in [5, 5.41) is 4.92. The van der Waals surface area contributed by atoms with Crippen molar-refractivity contribution in [3.8, 4) is 0 Å². The Morgan fingerprint density at radius 2 is 1.84 bits per heavy atom. The number of amides is 1. The Kier molecular flexibility index (Phi) is 8.47. The van der Waals surface area contributed by atoms with Crippen molar-refractivity contribution in [2.45, 2.75) is 56.2 Å². The number of hydrogen-bond donors (Lipinski definition) is 1. The van der Waals surface area contributed by atoms with Crippen LogP contribution in [0.3, 0.4) is 0 Å². The molecule has 0 saturated carbocycles. The minimum Gasteiger partial charge on any atom is -0.449 e. The lowest BCUT2D eigenvalue weighted by Gasteiger charge is -2.18. The van der Waals surface area contributed by atoms with Crippen LogP contribution in [-0.4, -0.2) is 23.0 Å². The van der Waals surface area contributed by atoms with E-state index in [4.69, 9.17) is 4.74 Å². The zero-order valence-electron chi connectivity index (χ0n) is 18.8. The SMILES string of the molecule is CC[C@H](C)c1ccccc1NC(=O)[C@H](C)OC(=O)c1ccccc1CSc1nc(C)cs1. The van der Waals surface area contributed by atoms with Crippen molar-refractivity contribution in [2.75, 3.05) is 5.32 Å². The van der Waals surface area contributed by atoms with Gasteiger partial charge in [0.25, 0.3) is 5.91 Å². The third kappa shape index (κ3) is 6.20. The van der Waals surface area contributed by atoms with Crippen LogP contribution in [0, 0.1) is 6.92 Å². The summed E-state index contributed by atoms with van der Waals surface area (Å²) in [6.45, 7) is 7.78. The Labute approximate surface area is 197 Å². The van der Waals surface area contributed by atoms with E-state index in [1.165, 1.54) is 0 Å². The maximum atomic E-state index is 12.8. The zero-order valence-corrected chi connectivity index (χ0v) is 20.4. The van der Waals surface area contributed by atoms with Crippen molar-refractivity contribution in [1.82, 2.24) is 4.98 Å². The number of anilines is 1. The molecule has 5 nitrogen and oxygen atoms in total. The summed E-state index contributed by atoms with van der Waals surface area (Å²) in [4.78, 5) is 30.0. The molecular weight excluding hydrogens is 440 g/mol. The highest BCUT2D eigenvalue weighted by Gasteiger charge is 2.22. The quantitative estimate of drug-likeness (QED) is 0.289. The topological polar surface area (TPSA) is 68.3 Å². The summed E-state index contributed by atoms with van der Waals surface area (Å²) >= 11 is 3.17. The van der Waals surface area contributed by atoms with Gasteiger partial charge in [-0.2, -0.15) is 0 Å². The van der Waals surface area contributed by atoms with Gasteiger partial charge in [0.2, 0.25) is 0 Å². The number of carbonyl (C=O) groups excluding carboxylic acids is 2. The average molecular weight is 469 g/mol. The highest BCUT2D eigenvalue weighted by molar-refractivity contribution is 8.00. The molecule has 1 N–H and O–H groups in total. The van der Waals surface area contributed by atoms with E-state index in [0.29, 0.717) is 17.2 Å². The largest absolute Gasteiger partial charge is 0.449 e. The predicted molar refractivity (Wildman–Crippen MR) is 132 cm³/mol. The van der Waals surface area contributed by atoms with Crippen LogP contribution in [0.2, 0.25) is 0 Å². The molecular formula is C25H28N2O3S2. The number of benzene rings is 2. The molecule has 0 spiro atoms. The van der Waals surface area contributed by atoms with Crippen LogP contribution < -0.4 is 5.32 Å². The molecule has 0 fully saturated rings. The van der Waals surface area contributed by atoms with Crippen molar-refractivity contribution in [3.05, 3.63) is 76.3 Å². The summed E-state index contributed by atoms with van der Waals surface area (Å²) in [6.07, 6.45) is 0.0436. The van der Waals surface area contributed by atoms with Crippen molar-refractivity contribution in [3.63, 3.8) is 0 Å². The summed E-state index contributed by atoms with van der Waals surface area (Å²) < 4.78 is 6.48. The Balaban J connectivity index is 1.65. The van der Waals surface area contributed by atoms with Crippen LogP contribution in [0.15, 0.2) is 58.3 Å². The molecule has 168 valence electrons. The molecule has 1 aromatic heterocycles. The number of ether oxygens (including phenoxy) is 1. The van der Waals surface area contributed by atoms with Crippen LogP contribution in [0.25, 0.3) is 0 Å². The zero-order chi connectivity index (χ0) is 23.1. The van der Waals surface area contributed by atoms with Crippen molar-refractivity contribution >= 4 is 40.7 Å². The first-order chi connectivity index (χ1) is 15.4. The van der Waals surface area contributed by atoms with Gasteiger partial charge in [0, 0.05) is 22.5 Å². The lowest BCUT2D eigenvalue weighted by atomic mass is 9.97. The van der Waals surface area contributed by atoms with Gasteiger partial charge in [0.05, 0.1) is 5.56 Å². The second-order valence-electron chi connectivity index (χ2n) is 7.63. The smallest absolute Gasteiger partial charge is 0.339 e. The van der Waals surface area contributed by atoms with Crippen LogP contribution in [0.1, 0.15) is 60.3 Å². The predicted octanol–water partition coefficient (Wildman–Crippen LogP) is 6.44. The molecule has 0 aliphatic rings. The normalized spacial score (nSPS) is 12.8. The Morgan fingerprint density at radius 1 is 1.12 bits per heavy atom. The fourth-order valence-electron chi connectivity index (χ4n) is 3.16. The fourth-order valence-corrected chi connectivity index (χ4v) is 5.01. The molecule has 0 aliphatic heterocycles. The Morgan fingerprint density at radius 3 is 2.56 bits per heavy atom. The van der Waals surface area contributed by atoms with Crippen molar-refractivity contribution in [2.24, 2.45) is 0 Å². The Hall–Kier alpha value is -2.64. The van der Waals surface area contributed by atoms with Gasteiger partial charge >= 0.3 is 5.97 Å². The number of thiazole rings is 1. The highest BCUT2D eigenvalue weighted by atomic mass is 32.2. The number of hydrogen-bond acceptors (Lipinski definition) is 6. The molecule has 2 aromatic carbocycles. The van der Waals surface area contributed by atoms with Crippen LogP contribution in [-0.2, 0) is 15.3 Å². The van der Waals surface area contributed by atoms with Gasteiger partial charge in [0.1, 0.15) is 4.34 Å². The fraction of sp³-hybridized carbons (Fsp3) is 0.320. The van der Waals surface area contributed by atoms with Gasteiger partial charge in [-0.05, 0) is 49.4 Å². The van der Waals surface area contributed by atoms with Gasteiger partial charge < -0.3 is 10.1 Å². The minimum atomic E-state index is -0.921. The highest BCUT2D eigenvalue weighted by Crippen LogP contribution is 2.28. The molecule has 1 amide bonds. The molecule has 0 aliphatic carbocycles. The van der Waals surface area contributed by atoms with Crippen LogP contribution in [0.4, 0.5) is 5.69 Å². The van der Waals surface area contributed by atoms with Gasteiger partial charge in [-0.25, -0.2) is 9.78 Å². The lowest BCUT2D eigenvalue weighted by Crippen LogP contribution is -2.30. The second-order valence-corrected chi connectivity index (χ2v) is 9.71. The number of para-hydroxylation sites is 1. The van der Waals surface area contributed by atoms with Crippen molar-refractivity contribution < 1.29 is 14.3 Å². The number of aryl methyl sites for hydroxylation is 1. The van der Waals surface area contributed by atoms with Gasteiger partial charge in [-0.3, -0.25) is 4.79 Å². The van der Waals surface area contributed by atoms with Crippen molar-refractivity contribution in [1.29, 1.82) is 0 Å². The summed E-state index contributed by atoms with van der Waals surface area (Å²) in [5.74, 6) is 0.0603. The third-order valence-electron chi connectivity index (χ3n) is 5.20. The van der Waals surface area contributed by atoms with E-state index in [2.05, 4.69) is 24.1 Å². The number of esters is 1. The number of thioether (sulfide) groups is 1. The van der Waals surface area contributed by atoms with Crippen LogP contribution in [0.5, 0.6) is 0 Å². The van der Waals surface area contributed by atoms with E-state index in [0.717, 1.165) is 33.3 Å². The summed E-state index contributed by atoms with van der Waals surface area (Å²) in [7, 11) is 0. The van der Waals surface area contributed by atoms with E-state index < -0.39 is 12.1 Å². The molecule has 3 aromatic rings. The van der Waals surface area contributed by atoms with E-state index in [1.54, 1.807) is 42.2 Å². The lowest BCUT2D eigenvalue weighted by molar-refractivity contribution is -0.123. The van der Waals surface area contributed by atoms with Gasteiger partial charge in [-0.1, -0.05) is 62.0 Å². The van der Waals surface area contributed by atoms with E-state index in [9.17, 15) is 9.59 Å². The third-order valence-corrected chi connectivity index (χ3v) is 7.39. The monoisotopic (exact) mass is 468 g/mol. The molecule has 0 radical (unpaired) electrons. The maximum Gasteiger partial charge on any atom is 0.339 e. The maximum absolute atomic E-state index is 12.8.